The molecule has 0 aromatic heterocycles. The van der Waals surface area contributed by atoms with Crippen molar-refractivity contribution < 1.29 is 19.7 Å². The van der Waals surface area contributed by atoms with Gasteiger partial charge in [-0.05, 0) is 67.3 Å². The summed E-state index contributed by atoms with van der Waals surface area (Å²) in [5, 5.41) is 20.5. The lowest BCUT2D eigenvalue weighted by molar-refractivity contribution is -0.136. The first-order chi connectivity index (χ1) is 11.3. The van der Waals surface area contributed by atoms with E-state index in [9.17, 15) is 15.0 Å². The van der Waals surface area contributed by atoms with Crippen LogP contribution in [-0.4, -0.2) is 35.5 Å². The standard InChI is InChI=1S/C20H30O4/c1-13-4-7-17-19(2,12-21)10-15(22)11-20(17,3)16(13)6-5-14-8-9-24-18(14)23/h8,15-17,21-22H,1,4-7,9-12H2,2-3H3/t15-,16-,17+,19+,20+/m1/s1. The van der Waals surface area contributed by atoms with Crippen molar-refractivity contribution in [3.63, 3.8) is 0 Å². The molecule has 1 aliphatic heterocycles. The van der Waals surface area contributed by atoms with Crippen molar-refractivity contribution in [2.24, 2.45) is 22.7 Å². The number of hydrogen-bond donors (Lipinski definition) is 2. The predicted molar refractivity (Wildman–Crippen MR) is 92.2 cm³/mol. The third-order valence-electron chi connectivity index (χ3n) is 6.93. The highest BCUT2D eigenvalue weighted by Gasteiger charge is 2.56. The molecule has 3 aliphatic rings. The van der Waals surface area contributed by atoms with Crippen molar-refractivity contribution in [2.45, 2.75) is 58.5 Å². The van der Waals surface area contributed by atoms with Crippen molar-refractivity contribution in [1.82, 2.24) is 0 Å². The molecule has 0 amide bonds. The maximum atomic E-state index is 11.7. The van der Waals surface area contributed by atoms with Crippen LogP contribution in [0, 0.1) is 22.7 Å². The number of esters is 1. The maximum Gasteiger partial charge on any atom is 0.334 e. The van der Waals surface area contributed by atoms with Gasteiger partial charge < -0.3 is 14.9 Å². The molecule has 24 heavy (non-hydrogen) atoms. The number of ether oxygens (including phenoxy) is 1. The van der Waals surface area contributed by atoms with Gasteiger partial charge in [0.1, 0.15) is 6.61 Å². The molecule has 0 aromatic carbocycles. The van der Waals surface area contributed by atoms with E-state index in [2.05, 4.69) is 20.4 Å². The van der Waals surface area contributed by atoms with E-state index in [1.165, 1.54) is 5.57 Å². The Morgan fingerprint density at radius 1 is 1.38 bits per heavy atom. The van der Waals surface area contributed by atoms with Crippen LogP contribution in [0.25, 0.3) is 0 Å². The van der Waals surface area contributed by atoms with Gasteiger partial charge >= 0.3 is 5.97 Å². The second-order valence-electron chi connectivity index (χ2n) is 8.55. The van der Waals surface area contributed by atoms with Crippen LogP contribution in [0.4, 0.5) is 0 Å². The molecule has 0 unspecified atom stereocenters. The normalized spacial score (nSPS) is 42.5. The molecule has 0 spiro atoms. The molecule has 1 heterocycles. The lowest BCUT2D eigenvalue weighted by Crippen LogP contribution is -2.55. The fourth-order valence-electron chi connectivity index (χ4n) is 5.84. The van der Waals surface area contributed by atoms with E-state index in [-0.39, 0.29) is 35.4 Å². The number of aliphatic hydroxyl groups excluding tert-OH is 2. The fraction of sp³-hybridized carbons (Fsp3) is 0.750. The van der Waals surface area contributed by atoms with E-state index in [1.807, 2.05) is 6.08 Å². The van der Waals surface area contributed by atoms with Crippen LogP contribution in [0.1, 0.15) is 52.4 Å². The van der Waals surface area contributed by atoms with Gasteiger partial charge in [-0.1, -0.05) is 26.0 Å². The third-order valence-corrected chi connectivity index (χ3v) is 6.93. The molecular formula is C20H30O4. The number of fused-ring (bicyclic) bond motifs is 1. The quantitative estimate of drug-likeness (QED) is 0.613. The lowest BCUT2D eigenvalue weighted by Gasteiger charge is -2.59. The van der Waals surface area contributed by atoms with Crippen LogP contribution < -0.4 is 0 Å². The number of carbonyl (C=O) groups excluding carboxylic acids is 1. The van der Waals surface area contributed by atoms with Gasteiger partial charge in [0.05, 0.1) is 6.10 Å². The highest BCUT2D eigenvalue weighted by Crippen LogP contribution is 2.61. The lowest BCUT2D eigenvalue weighted by atomic mass is 9.46. The minimum absolute atomic E-state index is 0.0758. The summed E-state index contributed by atoms with van der Waals surface area (Å²) in [6.45, 7) is 9.18. The molecule has 0 bridgehead atoms. The van der Waals surface area contributed by atoms with Gasteiger partial charge in [-0.2, -0.15) is 0 Å². The van der Waals surface area contributed by atoms with Crippen LogP contribution in [0.2, 0.25) is 0 Å². The molecular weight excluding hydrogens is 304 g/mol. The van der Waals surface area contributed by atoms with E-state index >= 15 is 0 Å². The topological polar surface area (TPSA) is 66.8 Å². The number of rotatable bonds is 4. The summed E-state index contributed by atoms with van der Waals surface area (Å²) in [4.78, 5) is 11.7. The number of cyclic esters (lactones) is 1. The van der Waals surface area contributed by atoms with E-state index in [0.29, 0.717) is 25.4 Å². The molecule has 0 aromatic rings. The van der Waals surface area contributed by atoms with E-state index in [0.717, 1.165) is 31.3 Å². The van der Waals surface area contributed by atoms with Gasteiger partial charge in [-0.3, -0.25) is 0 Å². The van der Waals surface area contributed by atoms with Gasteiger partial charge in [-0.15, -0.1) is 0 Å². The Labute approximate surface area is 144 Å². The molecule has 2 aliphatic carbocycles. The van der Waals surface area contributed by atoms with E-state index in [4.69, 9.17) is 4.74 Å². The summed E-state index contributed by atoms with van der Waals surface area (Å²) in [6.07, 6.45) is 6.48. The predicted octanol–water partition coefficient (Wildman–Crippen LogP) is 2.99. The monoisotopic (exact) mass is 334 g/mol. The van der Waals surface area contributed by atoms with Gasteiger partial charge in [0.25, 0.3) is 0 Å². The summed E-state index contributed by atoms with van der Waals surface area (Å²) in [5.41, 5.74) is 1.69. The van der Waals surface area contributed by atoms with Crippen molar-refractivity contribution in [3.05, 3.63) is 23.8 Å². The van der Waals surface area contributed by atoms with Gasteiger partial charge in [0.2, 0.25) is 0 Å². The zero-order valence-electron chi connectivity index (χ0n) is 14.9. The van der Waals surface area contributed by atoms with Gasteiger partial charge in [-0.25, -0.2) is 4.79 Å². The van der Waals surface area contributed by atoms with Crippen LogP contribution in [0.5, 0.6) is 0 Å². The summed E-state index contributed by atoms with van der Waals surface area (Å²) in [6, 6.07) is 0. The average molecular weight is 334 g/mol. The van der Waals surface area contributed by atoms with Crippen LogP contribution >= 0.6 is 0 Å². The summed E-state index contributed by atoms with van der Waals surface area (Å²) in [5.74, 6) is 0.451. The Hall–Kier alpha value is -1.13. The van der Waals surface area contributed by atoms with Crippen molar-refractivity contribution >= 4 is 5.97 Å². The third kappa shape index (κ3) is 2.84. The zero-order valence-corrected chi connectivity index (χ0v) is 14.9. The highest BCUT2D eigenvalue weighted by atomic mass is 16.5. The second kappa shape index (κ2) is 6.30. The first-order valence-corrected chi connectivity index (χ1v) is 9.13. The second-order valence-corrected chi connectivity index (χ2v) is 8.55. The van der Waals surface area contributed by atoms with Crippen molar-refractivity contribution in [3.8, 4) is 0 Å². The Morgan fingerprint density at radius 3 is 2.75 bits per heavy atom. The molecule has 2 saturated carbocycles. The summed E-state index contributed by atoms with van der Waals surface area (Å²) >= 11 is 0. The molecule has 0 saturated heterocycles. The molecule has 5 atom stereocenters. The Balaban J connectivity index is 1.84. The molecule has 2 fully saturated rings. The summed E-state index contributed by atoms with van der Waals surface area (Å²) < 4.78 is 5.00. The molecule has 4 heteroatoms. The van der Waals surface area contributed by atoms with Crippen LogP contribution in [-0.2, 0) is 9.53 Å². The average Bonchev–Trinajstić information content (AvgIpc) is 2.91. The van der Waals surface area contributed by atoms with Gasteiger partial charge in [0.15, 0.2) is 0 Å². The minimum atomic E-state index is -0.382. The van der Waals surface area contributed by atoms with Crippen molar-refractivity contribution in [1.29, 1.82) is 0 Å². The highest BCUT2D eigenvalue weighted by molar-refractivity contribution is 5.90. The fourth-order valence-corrected chi connectivity index (χ4v) is 5.84. The smallest absolute Gasteiger partial charge is 0.334 e. The zero-order chi connectivity index (χ0) is 17.5. The Bertz CT molecular complexity index is 566. The van der Waals surface area contributed by atoms with Crippen LogP contribution in [0.3, 0.4) is 0 Å². The Morgan fingerprint density at radius 2 is 2.12 bits per heavy atom. The number of allylic oxidation sites excluding steroid dienone is 1. The van der Waals surface area contributed by atoms with Crippen molar-refractivity contribution in [2.75, 3.05) is 13.2 Å². The minimum Gasteiger partial charge on any atom is -0.458 e. The largest absolute Gasteiger partial charge is 0.458 e. The number of aliphatic hydroxyl groups is 2. The van der Waals surface area contributed by atoms with Crippen LogP contribution in [0.15, 0.2) is 23.8 Å². The summed E-state index contributed by atoms with van der Waals surface area (Å²) in [7, 11) is 0. The maximum absolute atomic E-state index is 11.7. The first kappa shape index (κ1) is 17.7. The van der Waals surface area contributed by atoms with E-state index in [1.54, 1.807) is 0 Å². The molecule has 134 valence electrons. The Kier molecular flexibility index (Phi) is 4.65. The molecule has 0 radical (unpaired) electrons. The number of carbonyl (C=O) groups is 1. The van der Waals surface area contributed by atoms with E-state index < -0.39 is 0 Å². The first-order valence-electron chi connectivity index (χ1n) is 9.13. The molecule has 4 nitrogen and oxygen atoms in total. The molecule has 3 rings (SSSR count). The number of hydrogen-bond acceptors (Lipinski definition) is 4. The SMILES string of the molecule is C=C1CC[C@H]2[C@](C)(CO)C[C@@H](O)C[C@@]2(C)[C@@H]1CCC1=CCOC1=O. The molecule has 2 N–H and O–H groups in total. The van der Waals surface area contributed by atoms with Gasteiger partial charge in [0, 0.05) is 12.2 Å².